The largest absolute Gasteiger partial charge is 0.449 e. The summed E-state index contributed by atoms with van der Waals surface area (Å²) < 4.78 is 43.9. The number of nitro benzene ring substituents is 1. The molecule has 9 heteroatoms. The summed E-state index contributed by atoms with van der Waals surface area (Å²) in [7, 11) is 0. The third-order valence-electron chi connectivity index (χ3n) is 4.18. The topological polar surface area (TPSA) is 76.2 Å². The maximum atomic E-state index is 12.8. The minimum Gasteiger partial charge on any atom is -0.449 e. The molecule has 0 aliphatic carbocycles. The van der Waals surface area contributed by atoms with E-state index in [4.69, 9.17) is 16.3 Å². The second kappa shape index (κ2) is 8.90. The summed E-state index contributed by atoms with van der Waals surface area (Å²) in [5.41, 5.74) is -0.334. The van der Waals surface area contributed by atoms with E-state index in [-0.39, 0.29) is 16.5 Å². The van der Waals surface area contributed by atoms with Crippen molar-refractivity contribution >= 4 is 28.9 Å². The minimum atomic E-state index is -4.73. The highest BCUT2D eigenvalue weighted by Gasteiger charge is 2.33. The SMILES string of the molecule is N#C/C(=C\c1ccc(Oc2ccc(C(F)(F)F)cc2[N+](=O)[O-])c(Cl)c1)c1ccccc1. The van der Waals surface area contributed by atoms with Crippen LogP contribution < -0.4 is 4.74 Å². The van der Waals surface area contributed by atoms with Crippen molar-refractivity contribution in [3.8, 4) is 17.6 Å². The maximum absolute atomic E-state index is 12.8. The Balaban J connectivity index is 1.92. The minimum absolute atomic E-state index is 0.0138. The van der Waals surface area contributed by atoms with Gasteiger partial charge in [0.1, 0.15) is 5.75 Å². The van der Waals surface area contributed by atoms with E-state index in [2.05, 4.69) is 6.07 Å². The lowest BCUT2D eigenvalue weighted by atomic mass is 10.0. The van der Waals surface area contributed by atoms with Gasteiger partial charge in [-0.05, 0) is 41.5 Å². The predicted octanol–water partition coefficient (Wildman–Crippen LogP) is 7.12. The predicted molar refractivity (Wildman–Crippen MR) is 110 cm³/mol. The summed E-state index contributed by atoms with van der Waals surface area (Å²) in [6.07, 6.45) is -3.13. The second-order valence-corrected chi connectivity index (χ2v) is 6.67. The van der Waals surface area contributed by atoms with Gasteiger partial charge >= 0.3 is 11.9 Å². The fourth-order valence-corrected chi connectivity index (χ4v) is 2.92. The van der Waals surface area contributed by atoms with Gasteiger partial charge in [0, 0.05) is 6.07 Å². The van der Waals surface area contributed by atoms with Crippen molar-refractivity contribution in [2.75, 3.05) is 0 Å². The molecule has 0 saturated carbocycles. The molecule has 0 unspecified atom stereocenters. The van der Waals surface area contributed by atoms with Gasteiger partial charge in [-0.1, -0.05) is 48.0 Å². The Morgan fingerprint density at radius 1 is 1.06 bits per heavy atom. The van der Waals surface area contributed by atoms with Gasteiger partial charge in [-0.15, -0.1) is 0 Å². The Morgan fingerprint density at radius 3 is 2.32 bits per heavy atom. The van der Waals surface area contributed by atoms with Crippen LogP contribution in [0, 0.1) is 21.4 Å². The quantitative estimate of drug-likeness (QED) is 0.181. The van der Waals surface area contributed by atoms with E-state index in [1.54, 1.807) is 36.4 Å². The average molecular weight is 445 g/mol. The van der Waals surface area contributed by atoms with E-state index in [9.17, 15) is 28.5 Å². The molecule has 0 amide bonds. The molecule has 0 atom stereocenters. The fraction of sp³-hybridized carbons (Fsp3) is 0.0455. The van der Waals surface area contributed by atoms with E-state index in [0.29, 0.717) is 28.8 Å². The summed E-state index contributed by atoms with van der Waals surface area (Å²) >= 11 is 6.20. The summed E-state index contributed by atoms with van der Waals surface area (Å²) in [5.74, 6) is -0.370. The second-order valence-electron chi connectivity index (χ2n) is 6.27. The number of nitrogens with zero attached hydrogens (tertiary/aromatic N) is 2. The normalized spacial score (nSPS) is 11.6. The molecule has 0 bridgehead atoms. The van der Waals surface area contributed by atoms with Crippen LogP contribution in [0.2, 0.25) is 5.02 Å². The van der Waals surface area contributed by atoms with E-state index in [0.717, 1.165) is 6.07 Å². The standard InChI is InChI=1S/C22H12ClF3N2O3/c23-18-11-14(10-16(13-27)15-4-2-1-3-5-15)6-8-20(18)31-21-9-7-17(22(24,25)26)12-19(21)28(29)30/h1-12H/b16-10+. The first-order chi connectivity index (χ1) is 14.7. The van der Waals surface area contributed by atoms with Crippen LogP contribution in [-0.4, -0.2) is 4.92 Å². The molecule has 0 spiro atoms. The Kier molecular flexibility index (Phi) is 6.28. The molecule has 0 fully saturated rings. The molecule has 0 aliphatic rings. The molecule has 0 heterocycles. The van der Waals surface area contributed by atoms with Crippen LogP contribution in [0.15, 0.2) is 66.7 Å². The van der Waals surface area contributed by atoms with Crippen molar-refractivity contribution in [1.82, 2.24) is 0 Å². The van der Waals surface area contributed by atoms with Gasteiger partial charge in [0.25, 0.3) is 0 Å². The molecule has 0 N–H and O–H groups in total. The van der Waals surface area contributed by atoms with Crippen molar-refractivity contribution in [2.24, 2.45) is 0 Å². The third-order valence-corrected chi connectivity index (χ3v) is 4.47. The maximum Gasteiger partial charge on any atom is 0.416 e. The van der Waals surface area contributed by atoms with E-state index in [1.807, 2.05) is 6.07 Å². The fourth-order valence-electron chi connectivity index (χ4n) is 2.70. The number of nitriles is 1. The lowest BCUT2D eigenvalue weighted by molar-refractivity contribution is -0.385. The van der Waals surface area contributed by atoms with Crippen LogP contribution in [0.3, 0.4) is 0 Å². The zero-order chi connectivity index (χ0) is 22.6. The van der Waals surface area contributed by atoms with E-state index >= 15 is 0 Å². The molecule has 3 aromatic carbocycles. The van der Waals surface area contributed by atoms with Crippen LogP contribution in [-0.2, 0) is 6.18 Å². The van der Waals surface area contributed by atoms with Gasteiger partial charge in [-0.25, -0.2) is 0 Å². The number of rotatable bonds is 5. The highest BCUT2D eigenvalue weighted by Crippen LogP contribution is 2.39. The molecule has 0 aromatic heterocycles. The molecule has 0 saturated heterocycles. The van der Waals surface area contributed by atoms with Gasteiger partial charge in [0.2, 0.25) is 5.75 Å². The molecule has 3 rings (SSSR count). The number of benzene rings is 3. The van der Waals surface area contributed by atoms with Crippen molar-refractivity contribution in [2.45, 2.75) is 6.18 Å². The number of hydrogen-bond acceptors (Lipinski definition) is 4. The number of halogens is 4. The summed E-state index contributed by atoms with van der Waals surface area (Å²) in [6.45, 7) is 0. The molecule has 156 valence electrons. The number of alkyl halides is 3. The van der Waals surface area contributed by atoms with Crippen molar-refractivity contribution in [1.29, 1.82) is 5.26 Å². The van der Waals surface area contributed by atoms with Crippen LogP contribution >= 0.6 is 11.6 Å². The third kappa shape index (κ3) is 5.21. The van der Waals surface area contributed by atoms with Gasteiger partial charge in [-0.3, -0.25) is 10.1 Å². The summed E-state index contributed by atoms with van der Waals surface area (Å²) in [6, 6.07) is 17.5. The van der Waals surface area contributed by atoms with Gasteiger partial charge in [-0.2, -0.15) is 18.4 Å². The number of nitro groups is 1. The first-order valence-electron chi connectivity index (χ1n) is 8.69. The van der Waals surface area contributed by atoms with Crippen molar-refractivity contribution in [3.63, 3.8) is 0 Å². The Bertz CT molecular complexity index is 1200. The highest BCUT2D eigenvalue weighted by molar-refractivity contribution is 6.32. The first-order valence-corrected chi connectivity index (χ1v) is 9.07. The van der Waals surface area contributed by atoms with Crippen LogP contribution in [0.4, 0.5) is 18.9 Å². The van der Waals surface area contributed by atoms with Gasteiger partial charge in [0.15, 0.2) is 0 Å². The number of ether oxygens (including phenoxy) is 1. The molecule has 31 heavy (non-hydrogen) atoms. The average Bonchev–Trinajstić information content (AvgIpc) is 2.73. The van der Waals surface area contributed by atoms with Crippen LogP contribution in [0.5, 0.6) is 11.5 Å². The summed E-state index contributed by atoms with van der Waals surface area (Å²) in [5, 5.41) is 20.7. The molecule has 5 nitrogen and oxygen atoms in total. The summed E-state index contributed by atoms with van der Waals surface area (Å²) in [4.78, 5) is 10.2. The van der Waals surface area contributed by atoms with Gasteiger partial charge < -0.3 is 4.74 Å². The first kappa shape index (κ1) is 21.9. The Labute approximate surface area is 179 Å². The number of hydrogen-bond donors (Lipinski definition) is 0. The molecular formula is C22H12ClF3N2O3. The zero-order valence-electron chi connectivity index (χ0n) is 15.6. The van der Waals surface area contributed by atoms with E-state index in [1.165, 1.54) is 12.1 Å². The van der Waals surface area contributed by atoms with Crippen molar-refractivity contribution < 1.29 is 22.8 Å². The lowest BCUT2D eigenvalue weighted by Gasteiger charge is -2.11. The van der Waals surface area contributed by atoms with Crippen LogP contribution in [0.25, 0.3) is 11.6 Å². The lowest BCUT2D eigenvalue weighted by Crippen LogP contribution is -2.06. The molecule has 3 aromatic rings. The van der Waals surface area contributed by atoms with Crippen LogP contribution in [0.1, 0.15) is 16.7 Å². The highest BCUT2D eigenvalue weighted by atomic mass is 35.5. The van der Waals surface area contributed by atoms with Crippen molar-refractivity contribution in [3.05, 3.63) is 98.6 Å². The van der Waals surface area contributed by atoms with E-state index < -0.39 is 22.4 Å². The zero-order valence-corrected chi connectivity index (χ0v) is 16.3. The molecule has 0 aliphatic heterocycles. The Hall–Kier alpha value is -3.83. The molecule has 0 radical (unpaired) electrons. The van der Waals surface area contributed by atoms with Gasteiger partial charge in [0.05, 0.1) is 27.2 Å². The Morgan fingerprint density at radius 2 is 1.74 bits per heavy atom. The number of allylic oxidation sites excluding steroid dienone is 1. The molecular weight excluding hydrogens is 433 g/mol. The smallest absolute Gasteiger partial charge is 0.416 e. The monoisotopic (exact) mass is 444 g/mol.